The highest BCUT2D eigenvalue weighted by Gasteiger charge is 2.41. The molecule has 0 aromatic carbocycles. The number of rotatable bonds is 4. The molecule has 0 radical (unpaired) electrons. The molecule has 1 aliphatic carbocycles. The third-order valence-electron chi connectivity index (χ3n) is 3.19. The van der Waals surface area contributed by atoms with Crippen LogP contribution in [0.3, 0.4) is 0 Å². The normalized spacial score (nSPS) is 21.8. The number of carbonyl (C=O) groups excluding carboxylic acids is 1. The largest absolute Gasteiger partial charge is 0.480 e. The van der Waals surface area contributed by atoms with Crippen molar-refractivity contribution in [3.63, 3.8) is 0 Å². The molecule has 3 N–H and O–H groups in total. The van der Waals surface area contributed by atoms with Gasteiger partial charge < -0.3 is 10.8 Å². The Kier molecular flexibility index (Phi) is 3.13. The first kappa shape index (κ1) is 11.0. The SMILES string of the molecule is CC(CC1CCCC1)(C(N)=O)C(=O)O. The molecular formula is C10H17NO3. The predicted octanol–water partition coefficient (Wildman–Crippen LogP) is 1.14. The molecule has 1 fully saturated rings. The Morgan fingerprint density at radius 2 is 1.93 bits per heavy atom. The Balaban J connectivity index is 2.68. The van der Waals surface area contributed by atoms with Crippen LogP contribution in [-0.2, 0) is 9.59 Å². The van der Waals surface area contributed by atoms with Crippen LogP contribution in [0.25, 0.3) is 0 Å². The second-order valence-corrected chi connectivity index (χ2v) is 4.36. The lowest BCUT2D eigenvalue weighted by Gasteiger charge is -2.24. The van der Waals surface area contributed by atoms with Crippen molar-refractivity contribution in [1.82, 2.24) is 0 Å². The molecule has 0 aromatic rings. The summed E-state index contributed by atoms with van der Waals surface area (Å²) in [5, 5.41) is 8.96. The van der Waals surface area contributed by atoms with Gasteiger partial charge in [-0.2, -0.15) is 0 Å². The molecule has 1 atom stereocenters. The van der Waals surface area contributed by atoms with Gasteiger partial charge in [-0.15, -0.1) is 0 Å². The van der Waals surface area contributed by atoms with Gasteiger partial charge in [-0.3, -0.25) is 9.59 Å². The highest BCUT2D eigenvalue weighted by Crippen LogP contribution is 2.35. The molecule has 1 unspecified atom stereocenters. The summed E-state index contributed by atoms with van der Waals surface area (Å²) in [4.78, 5) is 22.0. The summed E-state index contributed by atoms with van der Waals surface area (Å²) in [6, 6.07) is 0. The summed E-state index contributed by atoms with van der Waals surface area (Å²) in [7, 11) is 0. The molecule has 14 heavy (non-hydrogen) atoms. The van der Waals surface area contributed by atoms with E-state index in [2.05, 4.69) is 0 Å². The molecule has 4 heteroatoms. The average Bonchev–Trinajstić information content (AvgIpc) is 2.55. The van der Waals surface area contributed by atoms with Crippen LogP contribution in [-0.4, -0.2) is 17.0 Å². The number of aliphatic carboxylic acids is 1. The second-order valence-electron chi connectivity index (χ2n) is 4.36. The van der Waals surface area contributed by atoms with Gasteiger partial charge in [0.25, 0.3) is 0 Å². The maximum Gasteiger partial charge on any atom is 0.318 e. The van der Waals surface area contributed by atoms with Gasteiger partial charge in [-0.25, -0.2) is 0 Å². The van der Waals surface area contributed by atoms with E-state index in [-0.39, 0.29) is 0 Å². The zero-order valence-electron chi connectivity index (χ0n) is 8.45. The third-order valence-corrected chi connectivity index (χ3v) is 3.19. The Morgan fingerprint density at radius 3 is 2.29 bits per heavy atom. The van der Waals surface area contributed by atoms with Crippen LogP contribution in [0.2, 0.25) is 0 Å². The van der Waals surface area contributed by atoms with Crippen LogP contribution in [0, 0.1) is 11.3 Å². The summed E-state index contributed by atoms with van der Waals surface area (Å²) in [5.41, 5.74) is 3.75. The van der Waals surface area contributed by atoms with Crippen molar-refractivity contribution in [3.8, 4) is 0 Å². The fraction of sp³-hybridized carbons (Fsp3) is 0.800. The Bertz CT molecular complexity index is 230. The molecule has 1 amide bonds. The number of primary amides is 1. The van der Waals surface area contributed by atoms with Gasteiger partial charge in [0.2, 0.25) is 5.91 Å². The topological polar surface area (TPSA) is 80.4 Å². The van der Waals surface area contributed by atoms with Crippen molar-refractivity contribution in [2.24, 2.45) is 17.1 Å². The van der Waals surface area contributed by atoms with Crippen molar-refractivity contribution >= 4 is 11.9 Å². The van der Waals surface area contributed by atoms with Crippen LogP contribution >= 0.6 is 0 Å². The lowest BCUT2D eigenvalue weighted by atomic mass is 9.79. The first-order valence-electron chi connectivity index (χ1n) is 5.00. The van der Waals surface area contributed by atoms with Crippen LogP contribution in [0.5, 0.6) is 0 Å². The van der Waals surface area contributed by atoms with E-state index >= 15 is 0 Å². The van der Waals surface area contributed by atoms with Gasteiger partial charge in [0, 0.05) is 0 Å². The molecule has 0 bridgehead atoms. The van der Waals surface area contributed by atoms with E-state index in [1.54, 1.807) is 0 Å². The number of carbonyl (C=O) groups is 2. The minimum atomic E-state index is -1.38. The van der Waals surface area contributed by atoms with E-state index in [4.69, 9.17) is 10.8 Å². The fourth-order valence-electron chi connectivity index (χ4n) is 2.09. The minimum Gasteiger partial charge on any atom is -0.480 e. The summed E-state index contributed by atoms with van der Waals surface area (Å²) in [5.74, 6) is -1.47. The Labute approximate surface area is 83.5 Å². The predicted molar refractivity (Wildman–Crippen MR) is 51.5 cm³/mol. The number of hydrogen-bond donors (Lipinski definition) is 2. The van der Waals surface area contributed by atoms with E-state index in [0.717, 1.165) is 25.7 Å². The molecule has 1 saturated carbocycles. The number of carboxylic acids is 1. The first-order chi connectivity index (χ1) is 6.47. The number of hydrogen-bond acceptors (Lipinski definition) is 2. The third kappa shape index (κ3) is 2.05. The number of carboxylic acid groups (broad SMARTS) is 1. The lowest BCUT2D eigenvalue weighted by Crippen LogP contribution is -2.42. The van der Waals surface area contributed by atoms with Crippen molar-refractivity contribution in [2.75, 3.05) is 0 Å². The van der Waals surface area contributed by atoms with Crippen LogP contribution in [0.4, 0.5) is 0 Å². The minimum absolute atomic E-state index is 0.351. The maximum atomic E-state index is 11.1. The van der Waals surface area contributed by atoms with Crippen molar-refractivity contribution in [2.45, 2.75) is 39.0 Å². The van der Waals surface area contributed by atoms with Crippen LogP contribution < -0.4 is 5.73 Å². The first-order valence-corrected chi connectivity index (χ1v) is 5.00. The lowest BCUT2D eigenvalue weighted by molar-refractivity contribution is -0.154. The highest BCUT2D eigenvalue weighted by molar-refractivity contribution is 6.00. The highest BCUT2D eigenvalue weighted by atomic mass is 16.4. The standard InChI is InChI=1S/C10H17NO3/c1-10(8(11)12,9(13)14)6-7-4-2-3-5-7/h7H,2-6H2,1H3,(H2,11,12)(H,13,14). The molecule has 0 aromatic heterocycles. The van der Waals surface area contributed by atoms with Gasteiger partial charge in [0.15, 0.2) is 0 Å². The van der Waals surface area contributed by atoms with Gasteiger partial charge in [-0.05, 0) is 19.3 Å². The molecular weight excluding hydrogens is 182 g/mol. The fourth-order valence-corrected chi connectivity index (χ4v) is 2.09. The quantitative estimate of drug-likeness (QED) is 0.666. The summed E-state index contributed by atoms with van der Waals surface area (Å²) < 4.78 is 0. The van der Waals surface area contributed by atoms with E-state index in [0.29, 0.717) is 12.3 Å². The van der Waals surface area contributed by atoms with Crippen LogP contribution in [0.15, 0.2) is 0 Å². The number of amides is 1. The molecule has 0 saturated heterocycles. The van der Waals surface area contributed by atoms with E-state index < -0.39 is 17.3 Å². The summed E-state index contributed by atoms with van der Waals surface area (Å²) >= 11 is 0. The molecule has 0 aliphatic heterocycles. The Morgan fingerprint density at radius 1 is 1.43 bits per heavy atom. The number of nitrogens with two attached hydrogens (primary N) is 1. The molecule has 0 heterocycles. The summed E-state index contributed by atoms with van der Waals surface area (Å²) in [6.07, 6.45) is 4.71. The molecule has 4 nitrogen and oxygen atoms in total. The molecule has 0 spiro atoms. The van der Waals surface area contributed by atoms with Crippen molar-refractivity contribution in [1.29, 1.82) is 0 Å². The zero-order valence-corrected chi connectivity index (χ0v) is 8.45. The smallest absolute Gasteiger partial charge is 0.318 e. The molecule has 1 rings (SSSR count). The van der Waals surface area contributed by atoms with Gasteiger partial charge >= 0.3 is 5.97 Å². The zero-order chi connectivity index (χ0) is 10.8. The summed E-state index contributed by atoms with van der Waals surface area (Å²) in [6.45, 7) is 1.43. The van der Waals surface area contributed by atoms with Gasteiger partial charge in [0.05, 0.1) is 0 Å². The van der Waals surface area contributed by atoms with Crippen molar-refractivity contribution < 1.29 is 14.7 Å². The van der Waals surface area contributed by atoms with Gasteiger partial charge in [0.1, 0.15) is 5.41 Å². The van der Waals surface area contributed by atoms with Crippen LogP contribution in [0.1, 0.15) is 39.0 Å². The molecule has 80 valence electrons. The monoisotopic (exact) mass is 199 g/mol. The van der Waals surface area contributed by atoms with E-state index in [9.17, 15) is 9.59 Å². The van der Waals surface area contributed by atoms with Gasteiger partial charge in [-0.1, -0.05) is 25.7 Å². The second kappa shape index (κ2) is 3.98. The van der Waals surface area contributed by atoms with E-state index in [1.807, 2.05) is 0 Å². The Hall–Kier alpha value is -1.06. The average molecular weight is 199 g/mol. The van der Waals surface area contributed by atoms with Crippen molar-refractivity contribution in [3.05, 3.63) is 0 Å². The van der Waals surface area contributed by atoms with E-state index in [1.165, 1.54) is 6.92 Å². The molecule has 1 aliphatic rings. The maximum absolute atomic E-state index is 11.1.